The van der Waals surface area contributed by atoms with Gasteiger partial charge in [-0.05, 0) is 34.1 Å². The van der Waals surface area contributed by atoms with E-state index in [1.165, 1.54) is 11.7 Å². The van der Waals surface area contributed by atoms with Crippen molar-refractivity contribution in [1.29, 1.82) is 5.26 Å². The van der Waals surface area contributed by atoms with Crippen LogP contribution in [0.5, 0.6) is 0 Å². The molecule has 0 saturated heterocycles. The number of nitriles is 1. The summed E-state index contributed by atoms with van der Waals surface area (Å²) in [6.07, 6.45) is 0. The van der Waals surface area contributed by atoms with Gasteiger partial charge in [-0.15, -0.1) is 0 Å². The second-order valence-corrected chi connectivity index (χ2v) is 4.73. The highest BCUT2D eigenvalue weighted by Crippen LogP contribution is 2.30. The molecule has 0 amide bonds. The summed E-state index contributed by atoms with van der Waals surface area (Å²) in [5, 5.41) is 16.9. The average molecular weight is 279 g/mol. The normalized spacial score (nSPS) is 10.9. The number of benzene rings is 2. The molecule has 0 fully saturated rings. The summed E-state index contributed by atoms with van der Waals surface area (Å²) >= 11 is 1.17. The smallest absolute Gasteiger partial charge is 0.153 e. The zero-order chi connectivity index (χ0) is 13.5. The molecule has 0 spiro atoms. The van der Waals surface area contributed by atoms with Gasteiger partial charge in [0.1, 0.15) is 22.6 Å². The van der Waals surface area contributed by atoms with Crippen molar-refractivity contribution in [1.82, 2.24) is 19.1 Å². The lowest BCUT2D eigenvalue weighted by Crippen LogP contribution is -1.87. The van der Waals surface area contributed by atoms with E-state index in [4.69, 9.17) is 0 Å². The van der Waals surface area contributed by atoms with E-state index in [2.05, 4.69) is 29.8 Å². The third-order valence-electron chi connectivity index (χ3n) is 3.10. The minimum absolute atomic E-state index is 0.450. The lowest BCUT2D eigenvalue weighted by atomic mass is 9.99. The van der Waals surface area contributed by atoms with Crippen molar-refractivity contribution in [2.75, 3.05) is 0 Å². The molecule has 0 saturated carbocycles. The number of nitrogens with zero attached hydrogens (tertiary/aromatic N) is 5. The lowest BCUT2D eigenvalue weighted by molar-refractivity contribution is 0.315. The number of aromatic nitrogens is 4. The fourth-order valence-electron chi connectivity index (χ4n) is 2.15. The van der Waals surface area contributed by atoms with Crippen LogP contribution in [0.4, 0.5) is 0 Å². The quantitative estimate of drug-likeness (QED) is 0.532. The Morgan fingerprint density at radius 1 is 1.00 bits per heavy atom. The summed E-state index contributed by atoms with van der Waals surface area (Å²) in [6.45, 7) is 0. The third kappa shape index (κ3) is 1.49. The molecule has 0 aliphatic heterocycles. The Morgan fingerprint density at radius 2 is 1.85 bits per heavy atom. The van der Waals surface area contributed by atoms with Gasteiger partial charge in [-0.25, -0.2) is 4.63 Å². The Balaban J connectivity index is 2.03. The maximum absolute atomic E-state index is 9.38. The number of fused-ring (bicyclic) bond motifs is 2. The van der Waals surface area contributed by atoms with Crippen LogP contribution in [-0.2, 0) is 0 Å². The monoisotopic (exact) mass is 279 g/mol. The maximum Gasteiger partial charge on any atom is 0.153 e. The average Bonchev–Trinajstić information content (AvgIpc) is 3.13. The highest BCUT2D eigenvalue weighted by Gasteiger charge is 2.14. The first-order chi connectivity index (χ1) is 9.86. The van der Waals surface area contributed by atoms with Crippen molar-refractivity contribution in [2.24, 2.45) is 0 Å². The van der Waals surface area contributed by atoms with Gasteiger partial charge in [-0.1, -0.05) is 12.1 Å². The predicted octanol–water partition coefficient (Wildman–Crippen LogP) is 2.77. The molecule has 0 atom stereocenters. The first-order valence-corrected chi connectivity index (χ1v) is 6.48. The van der Waals surface area contributed by atoms with Crippen LogP contribution in [0.1, 0.15) is 5.56 Å². The van der Waals surface area contributed by atoms with E-state index in [-0.39, 0.29) is 0 Å². The minimum Gasteiger partial charge on any atom is -0.243 e. The molecule has 4 aromatic rings. The molecule has 6 nitrogen and oxygen atoms in total. The van der Waals surface area contributed by atoms with E-state index < -0.39 is 0 Å². The topological polar surface area (TPSA) is 88.5 Å². The highest BCUT2D eigenvalue weighted by atomic mass is 32.1. The Bertz CT molecular complexity index is 981. The van der Waals surface area contributed by atoms with E-state index in [9.17, 15) is 5.26 Å². The van der Waals surface area contributed by atoms with Crippen LogP contribution in [0.3, 0.4) is 0 Å². The summed E-state index contributed by atoms with van der Waals surface area (Å²) in [5.74, 6) is 0. The summed E-state index contributed by atoms with van der Waals surface area (Å²) < 4.78 is 13.1. The SMILES string of the molecule is N#Cc1c(-c2ccc3nsnc3c2)ccc2nonc12. The highest BCUT2D eigenvalue weighted by molar-refractivity contribution is 7.00. The lowest BCUT2D eigenvalue weighted by Gasteiger charge is -2.03. The van der Waals surface area contributed by atoms with Crippen LogP contribution in [-0.4, -0.2) is 19.1 Å². The van der Waals surface area contributed by atoms with E-state index in [0.29, 0.717) is 16.6 Å². The van der Waals surface area contributed by atoms with Crippen LogP contribution >= 0.6 is 11.7 Å². The number of hydrogen-bond acceptors (Lipinski definition) is 7. The van der Waals surface area contributed by atoms with Crippen LogP contribution in [0.25, 0.3) is 33.2 Å². The van der Waals surface area contributed by atoms with Crippen LogP contribution in [0.2, 0.25) is 0 Å². The van der Waals surface area contributed by atoms with Crippen molar-refractivity contribution in [3.63, 3.8) is 0 Å². The second kappa shape index (κ2) is 4.08. The molecule has 0 radical (unpaired) electrons. The van der Waals surface area contributed by atoms with Crippen molar-refractivity contribution in [2.45, 2.75) is 0 Å². The zero-order valence-electron chi connectivity index (χ0n) is 9.94. The van der Waals surface area contributed by atoms with E-state index >= 15 is 0 Å². The molecule has 7 heteroatoms. The van der Waals surface area contributed by atoms with Gasteiger partial charge >= 0.3 is 0 Å². The molecular formula is C13H5N5OS. The van der Waals surface area contributed by atoms with Gasteiger partial charge in [0.15, 0.2) is 5.52 Å². The first kappa shape index (κ1) is 11.0. The van der Waals surface area contributed by atoms with Gasteiger partial charge in [-0.3, -0.25) is 0 Å². The van der Waals surface area contributed by atoms with E-state index in [1.54, 1.807) is 6.07 Å². The van der Waals surface area contributed by atoms with Crippen LogP contribution in [0.15, 0.2) is 35.0 Å². The molecule has 0 unspecified atom stereocenters. The fraction of sp³-hybridized carbons (Fsp3) is 0. The van der Waals surface area contributed by atoms with Gasteiger partial charge < -0.3 is 0 Å². The van der Waals surface area contributed by atoms with Gasteiger partial charge in [0.05, 0.1) is 17.3 Å². The zero-order valence-corrected chi connectivity index (χ0v) is 10.8. The Hall–Kier alpha value is -2.85. The summed E-state index contributed by atoms with van der Waals surface area (Å²) in [6, 6.07) is 11.5. The van der Waals surface area contributed by atoms with Gasteiger partial charge in [0.25, 0.3) is 0 Å². The van der Waals surface area contributed by atoms with Crippen LogP contribution < -0.4 is 0 Å². The maximum atomic E-state index is 9.38. The largest absolute Gasteiger partial charge is 0.243 e. The van der Waals surface area contributed by atoms with E-state index in [1.807, 2.05) is 24.3 Å². The van der Waals surface area contributed by atoms with Crippen molar-refractivity contribution in [3.05, 3.63) is 35.9 Å². The Labute approximate surface area is 116 Å². The molecule has 2 aromatic carbocycles. The van der Waals surface area contributed by atoms with Gasteiger partial charge in [0, 0.05) is 5.56 Å². The van der Waals surface area contributed by atoms with Gasteiger partial charge in [-0.2, -0.15) is 14.0 Å². The molecular weight excluding hydrogens is 274 g/mol. The molecule has 94 valence electrons. The molecule has 0 aliphatic carbocycles. The molecule has 0 aliphatic rings. The van der Waals surface area contributed by atoms with Crippen molar-refractivity contribution in [3.8, 4) is 17.2 Å². The second-order valence-electron chi connectivity index (χ2n) is 4.20. The Kier molecular flexibility index (Phi) is 2.25. The van der Waals surface area contributed by atoms with Crippen LogP contribution in [0, 0.1) is 11.3 Å². The van der Waals surface area contributed by atoms with Crippen molar-refractivity contribution < 1.29 is 4.63 Å². The van der Waals surface area contributed by atoms with Crippen molar-refractivity contribution >= 4 is 33.8 Å². The standard InChI is InChI=1S/C13H5N5OS/c14-6-9-8(2-4-11-13(9)16-19-15-11)7-1-3-10-12(5-7)18-20-17-10/h1-5H. The summed E-state index contributed by atoms with van der Waals surface area (Å²) in [5.41, 5.74) is 4.84. The van der Waals surface area contributed by atoms with Gasteiger partial charge in [0.2, 0.25) is 0 Å². The number of rotatable bonds is 1. The fourth-order valence-corrected chi connectivity index (χ4v) is 2.67. The molecule has 0 bridgehead atoms. The number of hydrogen-bond donors (Lipinski definition) is 0. The molecule has 2 heterocycles. The first-order valence-electron chi connectivity index (χ1n) is 5.75. The van der Waals surface area contributed by atoms with E-state index in [0.717, 1.165) is 22.2 Å². The summed E-state index contributed by atoms with van der Waals surface area (Å²) in [4.78, 5) is 0. The molecule has 2 aromatic heterocycles. The molecule has 20 heavy (non-hydrogen) atoms. The molecule has 4 rings (SSSR count). The molecule has 0 N–H and O–H groups in total. The summed E-state index contributed by atoms with van der Waals surface area (Å²) in [7, 11) is 0. The Morgan fingerprint density at radius 3 is 2.75 bits per heavy atom. The third-order valence-corrected chi connectivity index (χ3v) is 3.66. The minimum atomic E-state index is 0.450. The predicted molar refractivity (Wildman–Crippen MR) is 72.9 cm³/mol.